The minimum atomic E-state index is 0. The van der Waals surface area contributed by atoms with Gasteiger partial charge < -0.3 is 9.30 Å². The number of benzene rings is 1. The van der Waals surface area contributed by atoms with Crippen molar-refractivity contribution < 1.29 is 4.74 Å². The van der Waals surface area contributed by atoms with E-state index in [-0.39, 0.29) is 12.4 Å². The number of ether oxygens (including phenoxy) is 1. The fraction of sp³-hybridized carbons (Fsp3) is 0.417. The van der Waals surface area contributed by atoms with Gasteiger partial charge in [-0.3, -0.25) is 4.90 Å². The normalized spacial score (nSPS) is 16.9. The molecule has 0 aliphatic carbocycles. The highest BCUT2D eigenvalue weighted by Crippen LogP contribution is 2.12. The third kappa shape index (κ3) is 2.60. The van der Waals surface area contributed by atoms with Gasteiger partial charge in [0.05, 0.1) is 37.2 Å². The van der Waals surface area contributed by atoms with Gasteiger partial charge in [-0.2, -0.15) is 0 Å². The Bertz CT molecular complexity index is 479. The predicted octanol–water partition coefficient (Wildman–Crippen LogP) is 1.75. The molecule has 4 nitrogen and oxygen atoms in total. The van der Waals surface area contributed by atoms with Crippen LogP contribution in [0.3, 0.4) is 0 Å². The highest BCUT2D eigenvalue weighted by molar-refractivity contribution is 5.85. The number of nitrogens with zero attached hydrogens (tertiary/aromatic N) is 3. The molecule has 0 bridgehead atoms. The van der Waals surface area contributed by atoms with Gasteiger partial charge in [0.1, 0.15) is 0 Å². The van der Waals surface area contributed by atoms with E-state index in [4.69, 9.17) is 4.74 Å². The molecule has 0 amide bonds. The molecule has 1 saturated heterocycles. The molecule has 1 aromatic carbocycles. The standard InChI is InChI=1S/C12H15N3O.ClH/c1-2-4-12-11(3-1)13-9-15(12)10-14-5-7-16-8-6-14;/h1-4,9H,5-8,10H2;1H. The minimum Gasteiger partial charge on any atom is -0.379 e. The van der Waals surface area contributed by atoms with Crippen LogP contribution in [0.15, 0.2) is 30.6 Å². The predicted molar refractivity (Wildman–Crippen MR) is 69.4 cm³/mol. The van der Waals surface area contributed by atoms with Gasteiger partial charge >= 0.3 is 0 Å². The topological polar surface area (TPSA) is 30.3 Å². The number of fused-ring (bicyclic) bond motifs is 1. The highest BCUT2D eigenvalue weighted by Gasteiger charge is 2.11. The summed E-state index contributed by atoms with van der Waals surface area (Å²) in [6, 6.07) is 8.24. The van der Waals surface area contributed by atoms with Crippen LogP contribution in [0.4, 0.5) is 0 Å². The zero-order valence-corrected chi connectivity index (χ0v) is 10.4. The molecule has 1 aliphatic heterocycles. The maximum Gasteiger partial charge on any atom is 0.0969 e. The third-order valence-corrected chi connectivity index (χ3v) is 2.98. The lowest BCUT2D eigenvalue weighted by Crippen LogP contribution is -2.37. The lowest BCUT2D eigenvalue weighted by molar-refractivity contribution is 0.0241. The molecule has 5 heteroatoms. The monoisotopic (exact) mass is 253 g/mol. The summed E-state index contributed by atoms with van der Waals surface area (Å²) in [5.41, 5.74) is 2.27. The number of rotatable bonds is 2. The molecule has 3 rings (SSSR count). The van der Waals surface area contributed by atoms with E-state index in [1.165, 1.54) is 5.52 Å². The van der Waals surface area contributed by atoms with Gasteiger partial charge in [-0.25, -0.2) is 4.98 Å². The van der Waals surface area contributed by atoms with Gasteiger partial charge in [0.15, 0.2) is 0 Å². The Morgan fingerprint density at radius 1 is 1.18 bits per heavy atom. The molecule has 1 aliphatic rings. The number of aromatic nitrogens is 2. The molecule has 0 unspecified atom stereocenters. The SMILES string of the molecule is Cl.c1ccc2c(c1)ncn2CN1CCOCC1. The van der Waals surface area contributed by atoms with E-state index in [1.54, 1.807) is 0 Å². The van der Waals surface area contributed by atoms with E-state index >= 15 is 0 Å². The Morgan fingerprint density at radius 2 is 1.94 bits per heavy atom. The van der Waals surface area contributed by atoms with Gasteiger partial charge in [-0.05, 0) is 12.1 Å². The summed E-state index contributed by atoms with van der Waals surface area (Å²) in [5, 5.41) is 0. The van der Waals surface area contributed by atoms with Crippen molar-refractivity contribution in [1.82, 2.24) is 14.5 Å². The van der Waals surface area contributed by atoms with Crippen LogP contribution in [0.1, 0.15) is 0 Å². The van der Waals surface area contributed by atoms with E-state index in [0.717, 1.165) is 38.5 Å². The Balaban J connectivity index is 0.00000108. The first kappa shape index (κ1) is 12.4. The van der Waals surface area contributed by atoms with Crippen LogP contribution in [0.5, 0.6) is 0 Å². The van der Waals surface area contributed by atoms with Crippen molar-refractivity contribution in [1.29, 1.82) is 0 Å². The molecule has 0 atom stereocenters. The zero-order valence-electron chi connectivity index (χ0n) is 9.58. The number of imidazole rings is 1. The molecule has 17 heavy (non-hydrogen) atoms. The number of halogens is 1. The molecule has 0 radical (unpaired) electrons. The van der Waals surface area contributed by atoms with Crippen LogP contribution >= 0.6 is 12.4 Å². The molecule has 92 valence electrons. The lowest BCUT2D eigenvalue weighted by Gasteiger charge is -2.26. The maximum absolute atomic E-state index is 5.34. The average Bonchev–Trinajstić information content (AvgIpc) is 2.74. The zero-order chi connectivity index (χ0) is 10.8. The van der Waals surface area contributed by atoms with Gasteiger partial charge in [0, 0.05) is 13.1 Å². The first-order valence-corrected chi connectivity index (χ1v) is 5.63. The fourth-order valence-corrected chi connectivity index (χ4v) is 2.08. The summed E-state index contributed by atoms with van der Waals surface area (Å²) in [6.07, 6.45) is 1.92. The van der Waals surface area contributed by atoms with Crippen LogP contribution in [-0.4, -0.2) is 40.8 Å². The number of morpholine rings is 1. The van der Waals surface area contributed by atoms with Crippen LogP contribution < -0.4 is 0 Å². The van der Waals surface area contributed by atoms with Crippen LogP contribution in [0, 0.1) is 0 Å². The van der Waals surface area contributed by atoms with Crippen molar-refractivity contribution in [2.24, 2.45) is 0 Å². The van der Waals surface area contributed by atoms with Crippen molar-refractivity contribution in [3.8, 4) is 0 Å². The van der Waals surface area contributed by atoms with Crippen molar-refractivity contribution >= 4 is 23.4 Å². The van der Waals surface area contributed by atoms with E-state index in [0.29, 0.717) is 0 Å². The van der Waals surface area contributed by atoms with Crippen LogP contribution in [-0.2, 0) is 11.4 Å². The average molecular weight is 254 g/mol. The first-order chi connectivity index (χ1) is 7.93. The Morgan fingerprint density at radius 3 is 2.76 bits per heavy atom. The smallest absolute Gasteiger partial charge is 0.0969 e. The Labute approximate surface area is 107 Å². The lowest BCUT2D eigenvalue weighted by atomic mass is 10.3. The van der Waals surface area contributed by atoms with E-state index < -0.39 is 0 Å². The second-order valence-electron chi connectivity index (χ2n) is 4.07. The molecular weight excluding hydrogens is 238 g/mol. The number of hydrogen-bond acceptors (Lipinski definition) is 3. The second-order valence-corrected chi connectivity index (χ2v) is 4.07. The number of para-hydroxylation sites is 2. The van der Waals surface area contributed by atoms with E-state index in [9.17, 15) is 0 Å². The maximum atomic E-state index is 5.34. The van der Waals surface area contributed by atoms with E-state index in [1.807, 2.05) is 18.5 Å². The molecule has 2 heterocycles. The molecular formula is C12H16ClN3O. The summed E-state index contributed by atoms with van der Waals surface area (Å²) < 4.78 is 7.53. The summed E-state index contributed by atoms with van der Waals surface area (Å²) >= 11 is 0. The molecule has 1 fully saturated rings. The summed E-state index contributed by atoms with van der Waals surface area (Å²) in [4.78, 5) is 6.78. The van der Waals surface area contributed by atoms with Crippen LogP contribution in [0.25, 0.3) is 11.0 Å². The van der Waals surface area contributed by atoms with Crippen LogP contribution in [0.2, 0.25) is 0 Å². The van der Waals surface area contributed by atoms with Gasteiger partial charge in [-0.15, -0.1) is 12.4 Å². The minimum absolute atomic E-state index is 0. The largest absolute Gasteiger partial charge is 0.379 e. The molecule has 0 spiro atoms. The quantitative estimate of drug-likeness (QED) is 0.817. The molecule has 0 N–H and O–H groups in total. The number of hydrogen-bond donors (Lipinski definition) is 0. The fourth-order valence-electron chi connectivity index (χ4n) is 2.08. The van der Waals surface area contributed by atoms with Crippen molar-refractivity contribution in [3.63, 3.8) is 0 Å². The van der Waals surface area contributed by atoms with Gasteiger partial charge in [-0.1, -0.05) is 12.1 Å². The van der Waals surface area contributed by atoms with Crippen molar-refractivity contribution in [2.75, 3.05) is 26.3 Å². The van der Waals surface area contributed by atoms with Gasteiger partial charge in [0.2, 0.25) is 0 Å². The second kappa shape index (κ2) is 5.49. The first-order valence-electron chi connectivity index (χ1n) is 5.63. The van der Waals surface area contributed by atoms with Gasteiger partial charge in [0.25, 0.3) is 0 Å². The highest BCUT2D eigenvalue weighted by atomic mass is 35.5. The Kier molecular flexibility index (Phi) is 3.99. The van der Waals surface area contributed by atoms with Crippen molar-refractivity contribution in [3.05, 3.63) is 30.6 Å². The molecule has 1 aromatic heterocycles. The summed E-state index contributed by atoms with van der Waals surface area (Å²) in [5.74, 6) is 0. The van der Waals surface area contributed by atoms with E-state index in [2.05, 4.69) is 26.6 Å². The summed E-state index contributed by atoms with van der Waals surface area (Å²) in [7, 11) is 0. The van der Waals surface area contributed by atoms with Crippen molar-refractivity contribution in [2.45, 2.75) is 6.67 Å². The molecule has 2 aromatic rings. The third-order valence-electron chi connectivity index (χ3n) is 2.98. The summed E-state index contributed by atoms with van der Waals surface area (Å²) in [6.45, 7) is 4.60. The Hall–Kier alpha value is -1.10. The molecule has 0 saturated carbocycles.